The van der Waals surface area contributed by atoms with Crippen molar-refractivity contribution in [3.8, 4) is 0 Å². The Morgan fingerprint density at radius 2 is 2.15 bits per heavy atom. The molecule has 1 aromatic heterocycles. The van der Waals surface area contributed by atoms with Crippen LogP contribution < -0.4 is 11.1 Å². The predicted molar refractivity (Wildman–Crippen MR) is 94.6 cm³/mol. The third-order valence-corrected chi connectivity index (χ3v) is 2.73. The Bertz CT molecular complexity index is 528. The fourth-order valence-electron chi connectivity index (χ4n) is 1.91. The highest BCUT2D eigenvalue weighted by Crippen LogP contribution is 2.11. The highest BCUT2D eigenvalue weighted by atomic mass is 127. The van der Waals surface area contributed by atoms with Gasteiger partial charge in [0.05, 0.1) is 11.0 Å². The van der Waals surface area contributed by atoms with Crippen molar-refractivity contribution in [3.63, 3.8) is 0 Å². The molecule has 0 amide bonds. The third kappa shape index (κ3) is 4.99. The monoisotopic (exact) mass is 387 g/mol. The molecule has 0 atom stereocenters. The van der Waals surface area contributed by atoms with Crippen molar-refractivity contribution in [1.82, 2.24) is 15.3 Å². The second-order valence-corrected chi connectivity index (χ2v) is 4.87. The standard InChI is InChI=1S/C14H21N5.HI/c1-10(2)17-14(15)16-9-5-8-13-18-11-6-3-4-7-12(11)19-13;/h3-4,6-7,10H,5,8-9H2,1-2H3,(H,18,19)(H3,15,16,17);1H. The fourth-order valence-corrected chi connectivity index (χ4v) is 1.91. The minimum atomic E-state index is 0. The summed E-state index contributed by atoms with van der Waals surface area (Å²) in [6.07, 6.45) is 1.81. The second kappa shape index (κ2) is 8.08. The van der Waals surface area contributed by atoms with E-state index in [1.54, 1.807) is 0 Å². The molecule has 0 saturated carbocycles. The summed E-state index contributed by atoms with van der Waals surface area (Å²) >= 11 is 0. The molecule has 5 nitrogen and oxygen atoms in total. The lowest BCUT2D eigenvalue weighted by Crippen LogP contribution is -2.36. The van der Waals surface area contributed by atoms with Crippen LogP contribution in [0.2, 0.25) is 0 Å². The molecule has 0 bridgehead atoms. The van der Waals surface area contributed by atoms with E-state index >= 15 is 0 Å². The molecule has 6 heteroatoms. The molecule has 0 aliphatic heterocycles. The largest absolute Gasteiger partial charge is 0.370 e. The van der Waals surface area contributed by atoms with Gasteiger partial charge in [-0.25, -0.2) is 4.98 Å². The first-order chi connectivity index (χ1) is 9.15. The summed E-state index contributed by atoms with van der Waals surface area (Å²) in [5.41, 5.74) is 7.83. The van der Waals surface area contributed by atoms with Gasteiger partial charge in [-0.1, -0.05) is 12.1 Å². The average Bonchev–Trinajstić information content (AvgIpc) is 2.76. The van der Waals surface area contributed by atoms with Crippen molar-refractivity contribution in [1.29, 1.82) is 0 Å². The molecule has 0 aliphatic rings. The lowest BCUT2D eigenvalue weighted by Gasteiger charge is -2.07. The summed E-state index contributed by atoms with van der Waals surface area (Å²) in [5.74, 6) is 1.52. The zero-order valence-electron chi connectivity index (χ0n) is 11.9. The number of guanidine groups is 1. The maximum atomic E-state index is 5.73. The summed E-state index contributed by atoms with van der Waals surface area (Å²) in [4.78, 5) is 12.1. The van der Waals surface area contributed by atoms with Crippen LogP contribution in [-0.4, -0.2) is 28.5 Å². The fraction of sp³-hybridized carbons (Fsp3) is 0.429. The zero-order valence-corrected chi connectivity index (χ0v) is 14.2. The molecule has 1 aromatic carbocycles. The number of rotatable bonds is 5. The van der Waals surface area contributed by atoms with E-state index in [4.69, 9.17) is 5.73 Å². The summed E-state index contributed by atoms with van der Waals surface area (Å²) in [6.45, 7) is 4.79. The number of fused-ring (bicyclic) bond motifs is 1. The first-order valence-corrected chi connectivity index (χ1v) is 6.65. The van der Waals surface area contributed by atoms with Crippen LogP contribution in [-0.2, 0) is 6.42 Å². The molecule has 2 rings (SSSR count). The van der Waals surface area contributed by atoms with Crippen LogP contribution in [0.15, 0.2) is 29.3 Å². The smallest absolute Gasteiger partial charge is 0.188 e. The topological polar surface area (TPSA) is 79.1 Å². The highest BCUT2D eigenvalue weighted by Gasteiger charge is 2.01. The van der Waals surface area contributed by atoms with Gasteiger partial charge in [0.25, 0.3) is 0 Å². The van der Waals surface area contributed by atoms with Gasteiger partial charge in [0, 0.05) is 19.0 Å². The molecular weight excluding hydrogens is 365 g/mol. The number of aryl methyl sites for hydroxylation is 1. The van der Waals surface area contributed by atoms with E-state index < -0.39 is 0 Å². The predicted octanol–water partition coefficient (Wildman–Crippen LogP) is 2.43. The number of nitrogens with two attached hydrogens (primary N) is 1. The summed E-state index contributed by atoms with van der Waals surface area (Å²) in [6, 6.07) is 8.37. The molecule has 1 heterocycles. The molecule has 0 spiro atoms. The molecule has 0 aliphatic carbocycles. The van der Waals surface area contributed by atoms with Gasteiger partial charge in [-0.3, -0.25) is 4.99 Å². The van der Waals surface area contributed by atoms with Gasteiger partial charge in [0.2, 0.25) is 0 Å². The summed E-state index contributed by atoms with van der Waals surface area (Å²) in [5, 5.41) is 3.07. The van der Waals surface area contributed by atoms with Crippen LogP contribution >= 0.6 is 24.0 Å². The first-order valence-electron chi connectivity index (χ1n) is 6.65. The number of H-pyrrole nitrogens is 1. The van der Waals surface area contributed by atoms with Crippen molar-refractivity contribution in [3.05, 3.63) is 30.1 Å². The van der Waals surface area contributed by atoms with Crippen molar-refractivity contribution >= 4 is 41.0 Å². The maximum absolute atomic E-state index is 5.73. The number of nitrogens with zero attached hydrogens (tertiary/aromatic N) is 2. The number of nitrogens with one attached hydrogen (secondary N) is 2. The molecule has 0 saturated heterocycles. The molecular formula is C14H22IN5. The van der Waals surface area contributed by atoms with Gasteiger partial charge >= 0.3 is 0 Å². The van der Waals surface area contributed by atoms with E-state index in [1.165, 1.54) is 0 Å². The molecule has 110 valence electrons. The number of aromatic nitrogens is 2. The van der Waals surface area contributed by atoms with E-state index in [9.17, 15) is 0 Å². The van der Waals surface area contributed by atoms with Gasteiger partial charge in [-0.2, -0.15) is 0 Å². The van der Waals surface area contributed by atoms with E-state index in [0.717, 1.165) is 29.7 Å². The van der Waals surface area contributed by atoms with E-state index in [0.29, 0.717) is 18.5 Å². The van der Waals surface area contributed by atoms with E-state index in [2.05, 4.69) is 20.3 Å². The SMILES string of the molecule is CC(C)NC(N)=NCCCc1nc2ccccc2[nH]1.I. The lowest BCUT2D eigenvalue weighted by atomic mass is 10.3. The van der Waals surface area contributed by atoms with Crippen molar-refractivity contribution in [2.24, 2.45) is 10.7 Å². The van der Waals surface area contributed by atoms with Crippen LogP contribution in [0.1, 0.15) is 26.1 Å². The number of imidazole rings is 1. The van der Waals surface area contributed by atoms with Crippen LogP contribution in [0.3, 0.4) is 0 Å². The number of benzene rings is 1. The van der Waals surface area contributed by atoms with Crippen LogP contribution in [0.5, 0.6) is 0 Å². The minimum Gasteiger partial charge on any atom is -0.370 e. The maximum Gasteiger partial charge on any atom is 0.188 e. The average molecular weight is 387 g/mol. The Balaban J connectivity index is 0.00000200. The number of para-hydroxylation sites is 2. The quantitative estimate of drug-likeness (QED) is 0.319. The van der Waals surface area contributed by atoms with E-state index in [-0.39, 0.29) is 24.0 Å². The van der Waals surface area contributed by atoms with E-state index in [1.807, 2.05) is 38.1 Å². The normalized spacial score (nSPS) is 11.7. The zero-order chi connectivity index (χ0) is 13.7. The second-order valence-electron chi connectivity index (χ2n) is 4.87. The lowest BCUT2D eigenvalue weighted by molar-refractivity contribution is 0.717. The summed E-state index contributed by atoms with van der Waals surface area (Å²) in [7, 11) is 0. The number of hydrogen-bond acceptors (Lipinski definition) is 2. The van der Waals surface area contributed by atoms with Gasteiger partial charge < -0.3 is 16.0 Å². The Kier molecular flexibility index (Phi) is 6.77. The molecule has 4 N–H and O–H groups in total. The van der Waals surface area contributed by atoms with Gasteiger partial charge in [-0.15, -0.1) is 24.0 Å². The van der Waals surface area contributed by atoms with Crippen LogP contribution in [0.25, 0.3) is 11.0 Å². The molecule has 0 radical (unpaired) electrons. The summed E-state index contributed by atoms with van der Waals surface area (Å²) < 4.78 is 0. The van der Waals surface area contributed by atoms with Gasteiger partial charge in [0.15, 0.2) is 5.96 Å². The highest BCUT2D eigenvalue weighted by molar-refractivity contribution is 14.0. The minimum absolute atomic E-state index is 0. The van der Waals surface area contributed by atoms with Gasteiger partial charge in [0.1, 0.15) is 5.82 Å². The van der Waals surface area contributed by atoms with Gasteiger partial charge in [-0.05, 0) is 32.4 Å². The molecule has 20 heavy (non-hydrogen) atoms. The van der Waals surface area contributed by atoms with Crippen molar-refractivity contribution < 1.29 is 0 Å². The Hall–Kier alpha value is -1.31. The number of hydrogen-bond donors (Lipinski definition) is 3. The Morgan fingerprint density at radius 3 is 2.85 bits per heavy atom. The van der Waals surface area contributed by atoms with Crippen molar-refractivity contribution in [2.45, 2.75) is 32.7 Å². The Labute approximate surface area is 136 Å². The third-order valence-electron chi connectivity index (χ3n) is 2.73. The Morgan fingerprint density at radius 1 is 1.40 bits per heavy atom. The first kappa shape index (κ1) is 16.7. The van der Waals surface area contributed by atoms with Crippen molar-refractivity contribution in [2.75, 3.05) is 6.54 Å². The van der Waals surface area contributed by atoms with Crippen LogP contribution in [0.4, 0.5) is 0 Å². The van der Waals surface area contributed by atoms with Crippen LogP contribution in [0, 0.1) is 0 Å². The number of aliphatic imine (C=N–C) groups is 1. The molecule has 0 unspecified atom stereocenters. The molecule has 0 fully saturated rings. The number of aromatic amines is 1. The molecule has 2 aromatic rings. The number of halogens is 1.